The van der Waals surface area contributed by atoms with Gasteiger partial charge in [-0.25, -0.2) is 0 Å². The van der Waals surface area contributed by atoms with E-state index in [-0.39, 0.29) is 11.9 Å². The summed E-state index contributed by atoms with van der Waals surface area (Å²) < 4.78 is 0. The molecular formula is C17H14N2O. The van der Waals surface area contributed by atoms with E-state index in [9.17, 15) is 4.79 Å². The lowest BCUT2D eigenvalue weighted by Gasteiger charge is -2.13. The van der Waals surface area contributed by atoms with Crippen LogP contribution in [-0.4, -0.2) is 10.9 Å². The summed E-state index contributed by atoms with van der Waals surface area (Å²) in [5.41, 5.74) is 4.95. The van der Waals surface area contributed by atoms with Crippen molar-refractivity contribution in [2.45, 2.75) is 13.0 Å². The highest BCUT2D eigenvalue weighted by Crippen LogP contribution is 2.38. The number of para-hydroxylation sites is 1. The first-order valence-corrected chi connectivity index (χ1v) is 6.76. The summed E-state index contributed by atoms with van der Waals surface area (Å²) in [4.78, 5) is 15.7. The van der Waals surface area contributed by atoms with Gasteiger partial charge in [-0.05, 0) is 24.1 Å². The van der Waals surface area contributed by atoms with Crippen LogP contribution in [-0.2, 0) is 0 Å². The number of hydrogen-bond donors (Lipinski definition) is 2. The fraction of sp³-hybridized carbons (Fsp3) is 0.118. The van der Waals surface area contributed by atoms with Crippen molar-refractivity contribution in [3.05, 3.63) is 59.8 Å². The quantitative estimate of drug-likeness (QED) is 0.638. The monoisotopic (exact) mass is 262 g/mol. The van der Waals surface area contributed by atoms with Crippen molar-refractivity contribution >= 4 is 16.8 Å². The van der Waals surface area contributed by atoms with E-state index in [2.05, 4.69) is 28.5 Å². The second-order valence-electron chi connectivity index (χ2n) is 5.20. The zero-order valence-electron chi connectivity index (χ0n) is 11.1. The van der Waals surface area contributed by atoms with Gasteiger partial charge in [-0.1, -0.05) is 42.5 Å². The Bertz CT molecular complexity index is 832. The van der Waals surface area contributed by atoms with E-state index in [4.69, 9.17) is 0 Å². The van der Waals surface area contributed by atoms with Crippen molar-refractivity contribution in [3.63, 3.8) is 0 Å². The minimum atomic E-state index is -0.0418. The van der Waals surface area contributed by atoms with Crippen molar-refractivity contribution in [2.24, 2.45) is 0 Å². The summed E-state index contributed by atoms with van der Waals surface area (Å²) in [5.74, 6) is -0.0418. The van der Waals surface area contributed by atoms with Crippen molar-refractivity contribution in [1.82, 2.24) is 10.3 Å². The summed E-state index contributed by atoms with van der Waals surface area (Å²) in [7, 11) is 0. The van der Waals surface area contributed by atoms with Gasteiger partial charge in [0.05, 0.1) is 6.04 Å². The Morgan fingerprint density at radius 2 is 1.75 bits per heavy atom. The lowest BCUT2D eigenvalue weighted by Crippen LogP contribution is -2.25. The normalized spacial score (nSPS) is 17.2. The first kappa shape index (κ1) is 11.3. The molecule has 98 valence electrons. The van der Waals surface area contributed by atoms with Crippen molar-refractivity contribution < 1.29 is 4.79 Å². The van der Waals surface area contributed by atoms with Crippen LogP contribution in [0.4, 0.5) is 0 Å². The van der Waals surface area contributed by atoms with E-state index in [0.717, 1.165) is 27.6 Å². The molecule has 2 aromatic carbocycles. The Balaban J connectivity index is 2.16. The molecule has 1 atom stereocenters. The van der Waals surface area contributed by atoms with E-state index in [1.54, 1.807) is 0 Å². The molecule has 2 N–H and O–H groups in total. The maximum Gasteiger partial charge on any atom is 0.268 e. The predicted octanol–water partition coefficient (Wildman–Crippen LogP) is 3.64. The molecule has 0 fully saturated rings. The molecule has 3 nitrogen and oxygen atoms in total. The van der Waals surface area contributed by atoms with Crippen LogP contribution < -0.4 is 5.32 Å². The molecule has 1 aliphatic rings. The Morgan fingerprint density at radius 1 is 1.00 bits per heavy atom. The highest BCUT2D eigenvalue weighted by atomic mass is 16.2. The number of H-pyrrole nitrogens is 1. The molecule has 3 aromatic rings. The van der Waals surface area contributed by atoms with Crippen LogP contribution in [0, 0.1) is 0 Å². The van der Waals surface area contributed by atoms with Gasteiger partial charge in [0.2, 0.25) is 0 Å². The summed E-state index contributed by atoms with van der Waals surface area (Å²) in [6.07, 6.45) is 0. The van der Waals surface area contributed by atoms with Crippen molar-refractivity contribution in [3.8, 4) is 11.1 Å². The summed E-state index contributed by atoms with van der Waals surface area (Å²) >= 11 is 0. The molecule has 3 heteroatoms. The van der Waals surface area contributed by atoms with Crippen LogP contribution in [0.2, 0.25) is 0 Å². The number of amides is 1. The smallest absolute Gasteiger partial charge is 0.268 e. The molecule has 0 radical (unpaired) electrons. The highest BCUT2D eigenvalue weighted by Gasteiger charge is 2.26. The van der Waals surface area contributed by atoms with Gasteiger partial charge in [-0.2, -0.15) is 0 Å². The molecule has 0 unspecified atom stereocenters. The van der Waals surface area contributed by atoms with E-state index >= 15 is 0 Å². The molecule has 1 aromatic heterocycles. The lowest BCUT2D eigenvalue weighted by molar-refractivity contribution is 0.0938. The average Bonchev–Trinajstić information content (AvgIpc) is 2.82. The van der Waals surface area contributed by atoms with Gasteiger partial charge in [0.15, 0.2) is 0 Å². The Morgan fingerprint density at radius 3 is 2.65 bits per heavy atom. The van der Waals surface area contributed by atoms with Gasteiger partial charge >= 0.3 is 0 Å². The van der Waals surface area contributed by atoms with Gasteiger partial charge in [0.25, 0.3) is 5.91 Å². The number of benzene rings is 2. The molecule has 20 heavy (non-hydrogen) atoms. The molecular weight excluding hydrogens is 248 g/mol. The molecule has 0 bridgehead atoms. The molecule has 1 amide bonds. The Hall–Kier alpha value is -2.55. The van der Waals surface area contributed by atoms with Crippen LogP contribution in [0.1, 0.15) is 29.0 Å². The standard InChI is InChI=1S/C17H14N2O/c1-10-11-6-2-3-7-12(11)15-13-8-4-5-9-14(13)19-16(15)17(20)18-10/h2-10,19H,1H3,(H,18,20)/t10-/m1/s1. The maximum absolute atomic E-state index is 12.4. The first-order chi connectivity index (χ1) is 9.75. The van der Waals surface area contributed by atoms with E-state index in [1.165, 1.54) is 0 Å². The number of carbonyl (C=O) groups excluding carboxylic acids is 1. The average molecular weight is 262 g/mol. The topological polar surface area (TPSA) is 44.9 Å². The third-order valence-corrected chi connectivity index (χ3v) is 3.98. The van der Waals surface area contributed by atoms with Crippen LogP contribution in [0.5, 0.6) is 0 Å². The zero-order valence-corrected chi connectivity index (χ0v) is 11.1. The summed E-state index contributed by atoms with van der Waals surface area (Å²) in [5, 5.41) is 4.14. The number of rotatable bonds is 0. The SMILES string of the molecule is C[C@H]1NC(=O)c2[nH]c3ccccc3c2-c2ccccc21. The van der Waals surface area contributed by atoms with Crippen LogP contribution in [0.25, 0.3) is 22.0 Å². The summed E-state index contributed by atoms with van der Waals surface area (Å²) in [6, 6.07) is 16.3. The minimum absolute atomic E-state index is 0.0123. The number of carbonyl (C=O) groups is 1. The third kappa shape index (κ3) is 1.43. The van der Waals surface area contributed by atoms with Crippen LogP contribution >= 0.6 is 0 Å². The molecule has 0 aliphatic carbocycles. The molecule has 4 rings (SSSR count). The molecule has 0 spiro atoms. The van der Waals surface area contributed by atoms with Crippen LogP contribution in [0.3, 0.4) is 0 Å². The van der Waals surface area contributed by atoms with E-state index in [0.29, 0.717) is 5.69 Å². The number of hydrogen-bond acceptors (Lipinski definition) is 1. The largest absolute Gasteiger partial charge is 0.350 e. The number of nitrogens with one attached hydrogen (secondary N) is 2. The fourth-order valence-corrected chi connectivity index (χ4v) is 3.04. The maximum atomic E-state index is 12.4. The van der Waals surface area contributed by atoms with Gasteiger partial charge in [-0.15, -0.1) is 0 Å². The lowest BCUT2D eigenvalue weighted by atomic mass is 9.95. The highest BCUT2D eigenvalue weighted by molar-refractivity contribution is 6.11. The fourth-order valence-electron chi connectivity index (χ4n) is 3.04. The summed E-state index contributed by atoms with van der Waals surface area (Å²) in [6.45, 7) is 2.02. The second kappa shape index (κ2) is 3.97. The van der Waals surface area contributed by atoms with Crippen LogP contribution in [0.15, 0.2) is 48.5 Å². The molecule has 0 saturated carbocycles. The molecule has 2 heterocycles. The predicted molar refractivity (Wildman–Crippen MR) is 79.6 cm³/mol. The first-order valence-electron chi connectivity index (χ1n) is 6.76. The number of aromatic nitrogens is 1. The van der Waals surface area contributed by atoms with Crippen molar-refractivity contribution in [1.29, 1.82) is 0 Å². The van der Waals surface area contributed by atoms with E-state index < -0.39 is 0 Å². The van der Waals surface area contributed by atoms with Crippen molar-refractivity contribution in [2.75, 3.05) is 0 Å². The Kier molecular flexibility index (Phi) is 2.24. The second-order valence-corrected chi connectivity index (χ2v) is 5.20. The van der Waals surface area contributed by atoms with Gasteiger partial charge in [0.1, 0.15) is 5.69 Å². The third-order valence-electron chi connectivity index (χ3n) is 3.98. The van der Waals surface area contributed by atoms with Gasteiger partial charge in [-0.3, -0.25) is 4.79 Å². The zero-order chi connectivity index (χ0) is 13.7. The number of fused-ring (bicyclic) bond motifs is 5. The van der Waals surface area contributed by atoms with E-state index in [1.807, 2.05) is 37.3 Å². The van der Waals surface area contributed by atoms with Gasteiger partial charge < -0.3 is 10.3 Å². The molecule has 0 saturated heterocycles. The Labute approximate surface area is 116 Å². The molecule has 1 aliphatic heterocycles. The number of aromatic amines is 1. The minimum Gasteiger partial charge on any atom is -0.350 e. The van der Waals surface area contributed by atoms with Gasteiger partial charge in [0, 0.05) is 16.5 Å².